The highest BCUT2D eigenvalue weighted by Crippen LogP contribution is 2.69. The van der Waals surface area contributed by atoms with Crippen molar-refractivity contribution in [2.75, 3.05) is 6.61 Å². The van der Waals surface area contributed by atoms with Gasteiger partial charge in [-0.1, -0.05) is 109 Å². The van der Waals surface area contributed by atoms with E-state index in [4.69, 9.17) is 27.9 Å². The van der Waals surface area contributed by atoms with Crippen molar-refractivity contribution >= 4 is 46.8 Å². The molecule has 1 aliphatic heterocycles. The van der Waals surface area contributed by atoms with Crippen LogP contribution in [-0.2, 0) is 35.3 Å². The molecular weight excluding hydrogens is 585 g/mol. The molecular formula is C35H25Cl2NO5. The molecule has 1 heterocycles. The summed E-state index contributed by atoms with van der Waals surface area (Å²) in [6, 6.07) is 30.9. The lowest BCUT2D eigenvalue weighted by atomic mass is 9.54. The van der Waals surface area contributed by atoms with E-state index in [0.717, 1.165) is 4.90 Å². The van der Waals surface area contributed by atoms with Crippen molar-refractivity contribution in [1.82, 2.24) is 4.90 Å². The molecule has 4 aromatic rings. The van der Waals surface area contributed by atoms with Gasteiger partial charge in [-0.15, -0.1) is 23.2 Å². The molecule has 8 rings (SSSR count). The lowest BCUT2D eigenvalue weighted by Crippen LogP contribution is -2.57. The third-order valence-electron chi connectivity index (χ3n) is 8.92. The molecule has 4 aliphatic rings. The summed E-state index contributed by atoms with van der Waals surface area (Å²) in [5.74, 6) is -4.55. The Labute approximate surface area is 258 Å². The highest BCUT2D eigenvalue weighted by Gasteiger charge is 2.73. The molecule has 1 fully saturated rings. The Bertz CT molecular complexity index is 1670. The summed E-state index contributed by atoms with van der Waals surface area (Å²) < 4.78 is 5.50. The number of benzene rings is 4. The minimum atomic E-state index is -1.37. The SMILES string of the molecule is O=C(COC(=O)[C@H](Cc1ccccc1)N1C(=O)[C@@H]2[C@@H](C1=O)C1(Cl)c3ccccc3C2(Cl)c2ccccc21)c1ccccc1. The molecule has 0 spiro atoms. The number of nitrogens with zero attached hydrogens (tertiary/aromatic N) is 1. The Morgan fingerprint density at radius 2 is 1.09 bits per heavy atom. The maximum atomic E-state index is 14.5. The van der Waals surface area contributed by atoms with Gasteiger partial charge in [0.25, 0.3) is 0 Å². The number of rotatable bonds is 7. The zero-order chi connectivity index (χ0) is 29.9. The average Bonchev–Trinajstić information content (AvgIpc) is 3.32. The van der Waals surface area contributed by atoms with Crippen LogP contribution >= 0.6 is 23.2 Å². The Kier molecular flexibility index (Phi) is 6.53. The maximum Gasteiger partial charge on any atom is 0.330 e. The number of hydrogen-bond acceptors (Lipinski definition) is 5. The normalized spacial score (nSPS) is 25.5. The summed E-state index contributed by atoms with van der Waals surface area (Å²) in [6.45, 7) is -0.535. The van der Waals surface area contributed by atoms with Gasteiger partial charge in [0, 0.05) is 12.0 Å². The molecule has 2 amide bonds. The van der Waals surface area contributed by atoms with E-state index in [1.165, 1.54) is 0 Å². The highest BCUT2D eigenvalue weighted by molar-refractivity contribution is 6.36. The van der Waals surface area contributed by atoms with Crippen LogP contribution in [0, 0.1) is 11.8 Å². The van der Waals surface area contributed by atoms with Crippen molar-refractivity contribution < 1.29 is 23.9 Å². The standard InChI is InChI=1S/C35H25Cl2NO5/c36-34-23-15-7-8-16-24(23)35(37,26-18-10-9-17-25(26)34)30-29(34)31(40)38(32(30)41)27(19-21-11-3-1-4-12-21)33(42)43-20-28(39)22-13-5-2-6-14-22/h1-18,27,29-30H,19-20H2/t27-,29-,30-,34?,35?/m0/s1. The molecule has 3 atom stereocenters. The number of esters is 1. The first kappa shape index (κ1) is 27.6. The van der Waals surface area contributed by atoms with Crippen molar-refractivity contribution in [1.29, 1.82) is 0 Å². The maximum absolute atomic E-state index is 14.5. The van der Waals surface area contributed by atoms with Crippen LogP contribution in [-0.4, -0.2) is 41.1 Å². The fourth-order valence-corrected chi connectivity index (χ4v) is 8.15. The van der Waals surface area contributed by atoms with Gasteiger partial charge in [0.05, 0.1) is 11.8 Å². The number of amides is 2. The van der Waals surface area contributed by atoms with Crippen LogP contribution in [0.25, 0.3) is 0 Å². The van der Waals surface area contributed by atoms with Crippen LogP contribution in [0.2, 0.25) is 0 Å². The number of carbonyl (C=O) groups is 4. The van der Waals surface area contributed by atoms with E-state index in [1.807, 2.05) is 54.6 Å². The van der Waals surface area contributed by atoms with Crippen molar-refractivity contribution in [3.8, 4) is 0 Å². The summed E-state index contributed by atoms with van der Waals surface area (Å²) in [5.41, 5.74) is 3.78. The van der Waals surface area contributed by atoms with Crippen molar-refractivity contribution in [2.24, 2.45) is 11.8 Å². The second-order valence-corrected chi connectivity index (χ2v) is 12.3. The highest BCUT2D eigenvalue weighted by atomic mass is 35.5. The Morgan fingerprint density at radius 3 is 1.56 bits per heavy atom. The summed E-state index contributed by atoms with van der Waals surface area (Å²) >= 11 is 15.1. The van der Waals surface area contributed by atoms with Gasteiger partial charge in [0.2, 0.25) is 11.8 Å². The first-order chi connectivity index (χ1) is 20.8. The van der Waals surface area contributed by atoms with Gasteiger partial charge >= 0.3 is 5.97 Å². The number of ether oxygens (including phenoxy) is 1. The van der Waals surface area contributed by atoms with Crippen LogP contribution in [0.4, 0.5) is 0 Å². The van der Waals surface area contributed by atoms with Gasteiger partial charge < -0.3 is 4.74 Å². The molecule has 0 N–H and O–H groups in total. The quantitative estimate of drug-likeness (QED) is 0.118. The zero-order valence-electron chi connectivity index (χ0n) is 22.8. The molecule has 8 heteroatoms. The predicted molar refractivity (Wildman–Crippen MR) is 161 cm³/mol. The fraction of sp³-hybridized carbons (Fsp3) is 0.200. The lowest BCUT2D eigenvalue weighted by Gasteiger charge is -2.54. The largest absolute Gasteiger partial charge is 0.456 e. The van der Waals surface area contributed by atoms with Gasteiger partial charge in [-0.05, 0) is 27.8 Å². The van der Waals surface area contributed by atoms with Crippen molar-refractivity contribution in [2.45, 2.75) is 22.2 Å². The number of imide groups is 1. The Morgan fingerprint density at radius 1 is 0.674 bits per heavy atom. The molecule has 0 saturated carbocycles. The summed E-state index contributed by atoms with van der Waals surface area (Å²) in [5, 5.41) is 0. The number of alkyl halides is 2. The van der Waals surface area contributed by atoms with Crippen LogP contribution < -0.4 is 0 Å². The first-order valence-corrected chi connectivity index (χ1v) is 14.8. The van der Waals surface area contributed by atoms with E-state index in [9.17, 15) is 19.2 Å². The predicted octanol–water partition coefficient (Wildman–Crippen LogP) is 5.62. The molecule has 43 heavy (non-hydrogen) atoms. The molecule has 3 aliphatic carbocycles. The van der Waals surface area contributed by atoms with Gasteiger partial charge in [-0.2, -0.15) is 0 Å². The Hall–Kier alpha value is -4.26. The third kappa shape index (κ3) is 3.93. The van der Waals surface area contributed by atoms with Gasteiger partial charge in [0.15, 0.2) is 12.4 Å². The van der Waals surface area contributed by atoms with E-state index < -0.39 is 57.8 Å². The van der Waals surface area contributed by atoms with Crippen LogP contribution in [0.5, 0.6) is 0 Å². The molecule has 0 aromatic heterocycles. The molecule has 4 aromatic carbocycles. The third-order valence-corrected chi connectivity index (χ3v) is 10.2. The number of Topliss-reactive ketones (excluding diaryl/α,β-unsaturated/α-hetero) is 1. The molecule has 6 nitrogen and oxygen atoms in total. The average molecular weight is 610 g/mol. The zero-order valence-corrected chi connectivity index (χ0v) is 24.3. The van der Waals surface area contributed by atoms with Crippen molar-refractivity contribution in [3.05, 3.63) is 143 Å². The molecule has 0 unspecified atom stereocenters. The topological polar surface area (TPSA) is 80.8 Å². The van der Waals surface area contributed by atoms with Crippen LogP contribution in [0.1, 0.15) is 38.2 Å². The minimum Gasteiger partial charge on any atom is -0.456 e. The van der Waals surface area contributed by atoms with E-state index in [-0.39, 0.29) is 6.42 Å². The number of hydrogen-bond donors (Lipinski definition) is 0. The molecule has 1 saturated heterocycles. The van der Waals surface area contributed by atoms with Gasteiger partial charge in [0.1, 0.15) is 15.8 Å². The van der Waals surface area contributed by atoms with E-state index in [2.05, 4.69) is 0 Å². The number of ketones is 1. The summed E-state index contributed by atoms with van der Waals surface area (Å²) in [4.78, 5) is 53.7. The fourth-order valence-electron chi connectivity index (χ4n) is 7.05. The monoisotopic (exact) mass is 609 g/mol. The lowest BCUT2D eigenvalue weighted by molar-refractivity contribution is -0.158. The van der Waals surface area contributed by atoms with Crippen LogP contribution in [0.3, 0.4) is 0 Å². The number of halogens is 2. The van der Waals surface area contributed by atoms with Crippen molar-refractivity contribution in [3.63, 3.8) is 0 Å². The van der Waals surface area contributed by atoms with Gasteiger partial charge in [-0.25, -0.2) is 4.79 Å². The second-order valence-electron chi connectivity index (χ2n) is 11.1. The second kappa shape index (κ2) is 10.2. The van der Waals surface area contributed by atoms with Crippen LogP contribution in [0.15, 0.2) is 109 Å². The molecule has 2 bridgehead atoms. The number of likely N-dealkylation sites (tertiary alicyclic amines) is 1. The van der Waals surface area contributed by atoms with Gasteiger partial charge in [-0.3, -0.25) is 19.3 Å². The minimum absolute atomic E-state index is 0.000584. The summed E-state index contributed by atoms with van der Waals surface area (Å²) in [7, 11) is 0. The molecule has 214 valence electrons. The first-order valence-electron chi connectivity index (χ1n) is 14.0. The van der Waals surface area contributed by atoms with E-state index in [1.54, 1.807) is 54.6 Å². The Balaban J connectivity index is 1.30. The summed E-state index contributed by atoms with van der Waals surface area (Å²) in [6.07, 6.45) is 0.000584. The van der Waals surface area contributed by atoms with E-state index in [0.29, 0.717) is 33.4 Å². The smallest absolute Gasteiger partial charge is 0.330 e. The number of carbonyl (C=O) groups excluding carboxylic acids is 4. The van der Waals surface area contributed by atoms with E-state index >= 15 is 0 Å². The molecule has 0 radical (unpaired) electrons.